The summed E-state index contributed by atoms with van der Waals surface area (Å²) in [5.74, 6) is 1.11. The van der Waals surface area contributed by atoms with Crippen molar-refractivity contribution in [3.63, 3.8) is 0 Å². The minimum absolute atomic E-state index is 0.174. The molecule has 1 aliphatic rings. The number of carbonyl (C=O) groups is 1. The van der Waals surface area contributed by atoms with Gasteiger partial charge in [-0.15, -0.1) is 0 Å². The molecule has 1 aliphatic heterocycles. The van der Waals surface area contributed by atoms with Gasteiger partial charge in [0.05, 0.1) is 0 Å². The Labute approximate surface area is 142 Å². The van der Waals surface area contributed by atoms with Crippen LogP contribution in [0, 0.1) is 0 Å². The Morgan fingerprint density at radius 3 is 2.12 bits per heavy atom. The zero-order valence-corrected chi connectivity index (χ0v) is 14.3. The van der Waals surface area contributed by atoms with E-state index in [1.165, 1.54) is 0 Å². The molecule has 1 N–H and O–H groups in total. The van der Waals surface area contributed by atoms with E-state index in [0.29, 0.717) is 11.5 Å². The van der Waals surface area contributed by atoms with E-state index >= 15 is 0 Å². The third-order valence-electron chi connectivity index (χ3n) is 4.35. The Hall–Kier alpha value is -2.49. The molecule has 0 aliphatic carbocycles. The number of nitrogens with one attached hydrogen (secondary N) is 1. The number of ether oxygens (including phenoxy) is 2. The van der Waals surface area contributed by atoms with Gasteiger partial charge >= 0.3 is 0 Å². The molecule has 2 atom stereocenters. The van der Waals surface area contributed by atoms with Crippen LogP contribution in [0.5, 0.6) is 11.5 Å². The van der Waals surface area contributed by atoms with Crippen molar-refractivity contribution < 1.29 is 14.3 Å². The summed E-state index contributed by atoms with van der Waals surface area (Å²) in [7, 11) is 0. The Morgan fingerprint density at radius 1 is 0.958 bits per heavy atom. The molecule has 24 heavy (non-hydrogen) atoms. The first-order valence-corrected chi connectivity index (χ1v) is 8.48. The summed E-state index contributed by atoms with van der Waals surface area (Å²) in [6.45, 7) is 6.03. The average Bonchev–Trinajstić information content (AvgIpc) is 2.61. The summed E-state index contributed by atoms with van der Waals surface area (Å²) in [4.78, 5) is 12.8. The van der Waals surface area contributed by atoms with Crippen molar-refractivity contribution in [1.29, 1.82) is 0 Å². The molecule has 0 radical (unpaired) electrons. The lowest BCUT2D eigenvalue weighted by Crippen LogP contribution is -2.46. The highest BCUT2D eigenvalue weighted by Crippen LogP contribution is 2.34. The molecule has 0 bridgehead atoms. The zero-order chi connectivity index (χ0) is 17.1. The predicted octanol–water partition coefficient (Wildman–Crippen LogP) is 3.98. The van der Waals surface area contributed by atoms with E-state index in [4.69, 9.17) is 9.47 Å². The van der Waals surface area contributed by atoms with Crippen molar-refractivity contribution in [2.75, 3.05) is 5.32 Å². The number of para-hydroxylation sites is 3. The van der Waals surface area contributed by atoms with Crippen molar-refractivity contribution in [1.82, 2.24) is 0 Å². The summed E-state index contributed by atoms with van der Waals surface area (Å²) in [6.07, 6.45) is 0.710. The predicted molar refractivity (Wildman–Crippen MR) is 94.8 cm³/mol. The Bertz CT molecular complexity index is 719. The largest absolute Gasteiger partial charge is 0.482 e. The average molecular weight is 325 g/mol. The van der Waals surface area contributed by atoms with Crippen LogP contribution in [-0.2, 0) is 17.6 Å². The van der Waals surface area contributed by atoms with E-state index in [1.807, 2.05) is 49.4 Å². The number of amides is 1. The summed E-state index contributed by atoms with van der Waals surface area (Å²) in [6, 6.07) is 13.6. The normalized spacial score (nSPS) is 19.0. The van der Waals surface area contributed by atoms with Gasteiger partial charge < -0.3 is 14.8 Å². The fourth-order valence-corrected chi connectivity index (χ4v) is 3.00. The van der Waals surface area contributed by atoms with Gasteiger partial charge in [-0.05, 0) is 43.0 Å². The first kappa shape index (κ1) is 16.4. The molecule has 0 spiro atoms. The number of fused-ring (bicyclic) bond motifs is 1. The quantitative estimate of drug-likeness (QED) is 0.925. The molecular formula is C20H23NO3. The Morgan fingerprint density at radius 2 is 1.54 bits per heavy atom. The van der Waals surface area contributed by atoms with Crippen molar-refractivity contribution in [3.8, 4) is 11.5 Å². The maximum Gasteiger partial charge on any atom is 0.269 e. The lowest BCUT2D eigenvalue weighted by Gasteiger charge is -2.31. The second-order valence-electron chi connectivity index (χ2n) is 5.96. The molecule has 4 nitrogen and oxygen atoms in total. The lowest BCUT2D eigenvalue weighted by molar-refractivity contribution is -0.128. The molecular weight excluding hydrogens is 302 g/mol. The molecule has 0 aromatic heterocycles. The van der Waals surface area contributed by atoms with Gasteiger partial charge in [0.1, 0.15) is 6.10 Å². The molecule has 4 heteroatoms. The van der Waals surface area contributed by atoms with E-state index in [-0.39, 0.29) is 12.0 Å². The molecule has 2 aromatic carbocycles. The number of hydrogen-bond acceptors (Lipinski definition) is 3. The number of benzene rings is 2. The molecule has 1 amide bonds. The van der Waals surface area contributed by atoms with Crippen LogP contribution in [0.1, 0.15) is 31.9 Å². The van der Waals surface area contributed by atoms with Crippen molar-refractivity contribution in [3.05, 3.63) is 53.6 Å². The zero-order valence-electron chi connectivity index (χ0n) is 14.3. The molecule has 3 rings (SSSR count). The molecule has 0 unspecified atom stereocenters. The van der Waals surface area contributed by atoms with E-state index in [0.717, 1.165) is 29.7 Å². The summed E-state index contributed by atoms with van der Waals surface area (Å²) in [5.41, 5.74) is 3.17. The summed E-state index contributed by atoms with van der Waals surface area (Å²) in [5, 5.41) is 3.07. The van der Waals surface area contributed by atoms with Crippen LogP contribution < -0.4 is 14.8 Å². The first-order valence-electron chi connectivity index (χ1n) is 8.48. The molecule has 0 saturated carbocycles. The monoisotopic (exact) mass is 325 g/mol. The van der Waals surface area contributed by atoms with Gasteiger partial charge in [0.15, 0.2) is 11.5 Å². The molecule has 1 heterocycles. The van der Waals surface area contributed by atoms with Gasteiger partial charge in [-0.1, -0.05) is 44.2 Å². The SMILES string of the molecule is CCc1cccc(CC)c1NC(=O)[C@H]1Oc2ccccc2O[C@@H]1C. The van der Waals surface area contributed by atoms with Gasteiger partial charge in [0.2, 0.25) is 6.10 Å². The summed E-state index contributed by atoms with van der Waals surface area (Å²) >= 11 is 0. The first-order chi connectivity index (χ1) is 11.6. The van der Waals surface area contributed by atoms with Crippen LogP contribution in [0.4, 0.5) is 5.69 Å². The van der Waals surface area contributed by atoms with Crippen molar-refractivity contribution in [2.45, 2.75) is 45.8 Å². The highest BCUT2D eigenvalue weighted by molar-refractivity contribution is 5.96. The molecule has 0 saturated heterocycles. The highest BCUT2D eigenvalue weighted by Gasteiger charge is 2.34. The number of hydrogen-bond donors (Lipinski definition) is 1. The standard InChI is InChI=1S/C20H23NO3/c1-4-14-9-8-10-15(5-2)18(14)21-20(22)19-13(3)23-16-11-6-7-12-17(16)24-19/h6-13,19H,4-5H2,1-3H3,(H,21,22)/t13-,19+/m1/s1. The van der Waals surface area contributed by atoms with Gasteiger partial charge in [-0.25, -0.2) is 0 Å². The lowest BCUT2D eigenvalue weighted by atomic mass is 10.0. The van der Waals surface area contributed by atoms with Crippen LogP contribution in [-0.4, -0.2) is 18.1 Å². The minimum Gasteiger partial charge on any atom is -0.482 e. The third kappa shape index (κ3) is 3.09. The maximum atomic E-state index is 12.8. The minimum atomic E-state index is -0.672. The number of aryl methyl sites for hydroxylation is 2. The Balaban J connectivity index is 1.84. The van der Waals surface area contributed by atoms with E-state index in [1.54, 1.807) is 0 Å². The summed E-state index contributed by atoms with van der Waals surface area (Å²) < 4.78 is 11.7. The fourth-order valence-electron chi connectivity index (χ4n) is 3.00. The van der Waals surface area contributed by atoms with Crippen LogP contribution in [0.15, 0.2) is 42.5 Å². The topological polar surface area (TPSA) is 47.6 Å². The van der Waals surface area contributed by atoms with Crippen LogP contribution in [0.25, 0.3) is 0 Å². The molecule has 2 aromatic rings. The fraction of sp³-hybridized carbons (Fsp3) is 0.350. The van der Waals surface area contributed by atoms with Crippen LogP contribution in [0.2, 0.25) is 0 Å². The highest BCUT2D eigenvalue weighted by atomic mass is 16.6. The number of rotatable bonds is 4. The van der Waals surface area contributed by atoms with Crippen LogP contribution >= 0.6 is 0 Å². The second-order valence-corrected chi connectivity index (χ2v) is 5.96. The van der Waals surface area contributed by atoms with Crippen LogP contribution in [0.3, 0.4) is 0 Å². The van der Waals surface area contributed by atoms with Gasteiger partial charge in [-0.3, -0.25) is 4.79 Å². The second kappa shape index (κ2) is 6.95. The number of anilines is 1. The van der Waals surface area contributed by atoms with Gasteiger partial charge in [-0.2, -0.15) is 0 Å². The molecule has 126 valence electrons. The third-order valence-corrected chi connectivity index (χ3v) is 4.35. The van der Waals surface area contributed by atoms with Crippen molar-refractivity contribution in [2.24, 2.45) is 0 Å². The Kier molecular flexibility index (Phi) is 4.74. The maximum absolute atomic E-state index is 12.8. The van der Waals surface area contributed by atoms with E-state index in [9.17, 15) is 4.79 Å². The van der Waals surface area contributed by atoms with E-state index in [2.05, 4.69) is 19.2 Å². The smallest absolute Gasteiger partial charge is 0.269 e. The van der Waals surface area contributed by atoms with Gasteiger partial charge in [0, 0.05) is 5.69 Å². The van der Waals surface area contributed by atoms with Gasteiger partial charge in [0.25, 0.3) is 5.91 Å². The van der Waals surface area contributed by atoms with E-state index < -0.39 is 6.10 Å². The number of carbonyl (C=O) groups excluding carboxylic acids is 1. The molecule has 0 fully saturated rings. The van der Waals surface area contributed by atoms with Crippen molar-refractivity contribution >= 4 is 11.6 Å².